The van der Waals surface area contributed by atoms with E-state index < -0.39 is 6.10 Å². The Hall–Kier alpha value is -2.24. The van der Waals surface area contributed by atoms with Crippen LogP contribution in [0.4, 0.5) is 11.4 Å². The maximum Gasteiger partial charge on any atom is 0.265 e. The van der Waals surface area contributed by atoms with E-state index in [1.54, 1.807) is 49.4 Å². The molecule has 0 heterocycles. The molecule has 2 aromatic carbocycles. The first-order valence-corrected chi connectivity index (χ1v) is 7.90. The van der Waals surface area contributed by atoms with Gasteiger partial charge in [-0.2, -0.15) is 0 Å². The average Bonchev–Trinajstić information content (AvgIpc) is 2.47. The number of amides is 2. The Kier molecular flexibility index (Phi) is 6.06. The molecule has 0 spiro atoms. The van der Waals surface area contributed by atoms with E-state index in [0.29, 0.717) is 27.2 Å². The van der Waals surface area contributed by atoms with Gasteiger partial charge in [-0.15, -0.1) is 0 Å². The van der Waals surface area contributed by atoms with Crippen LogP contribution in [0, 0.1) is 0 Å². The normalized spacial score (nSPS) is 11.5. The fourth-order valence-corrected chi connectivity index (χ4v) is 2.47. The molecule has 0 unspecified atom stereocenters. The van der Waals surface area contributed by atoms with Gasteiger partial charge in [-0.3, -0.25) is 9.59 Å². The summed E-state index contributed by atoms with van der Waals surface area (Å²) in [5, 5.41) is 6.20. The summed E-state index contributed by atoms with van der Waals surface area (Å²) in [6.45, 7) is 3.06. The van der Waals surface area contributed by atoms with Crippen LogP contribution in [0.2, 0.25) is 10.0 Å². The van der Waals surface area contributed by atoms with Crippen LogP contribution in [0.25, 0.3) is 0 Å². The largest absolute Gasteiger partial charge is 0.481 e. The molecule has 5 nitrogen and oxygen atoms in total. The molecular formula is C17H16Cl2N2O3. The van der Waals surface area contributed by atoms with Gasteiger partial charge in [0.05, 0.1) is 0 Å². The van der Waals surface area contributed by atoms with Gasteiger partial charge in [0.2, 0.25) is 5.91 Å². The molecule has 0 aliphatic rings. The summed E-state index contributed by atoms with van der Waals surface area (Å²) in [4.78, 5) is 23.1. The molecular weight excluding hydrogens is 351 g/mol. The number of carbonyl (C=O) groups excluding carboxylic acids is 2. The first-order valence-electron chi connectivity index (χ1n) is 7.15. The van der Waals surface area contributed by atoms with Crippen LogP contribution in [0.1, 0.15) is 13.8 Å². The van der Waals surface area contributed by atoms with Crippen molar-refractivity contribution in [3.8, 4) is 5.75 Å². The van der Waals surface area contributed by atoms with E-state index in [2.05, 4.69) is 10.6 Å². The highest BCUT2D eigenvalue weighted by atomic mass is 35.5. The van der Waals surface area contributed by atoms with Crippen LogP contribution in [-0.4, -0.2) is 17.9 Å². The van der Waals surface area contributed by atoms with Gasteiger partial charge in [0.15, 0.2) is 6.10 Å². The fraction of sp³-hybridized carbons (Fsp3) is 0.176. The van der Waals surface area contributed by atoms with Crippen LogP contribution in [0.5, 0.6) is 5.75 Å². The summed E-state index contributed by atoms with van der Waals surface area (Å²) in [5.74, 6) is 0.0201. The number of halogens is 2. The van der Waals surface area contributed by atoms with Gasteiger partial charge in [0, 0.05) is 28.3 Å². The minimum absolute atomic E-state index is 0.156. The van der Waals surface area contributed by atoms with Crippen molar-refractivity contribution < 1.29 is 14.3 Å². The number of benzene rings is 2. The van der Waals surface area contributed by atoms with Gasteiger partial charge in [0.1, 0.15) is 5.75 Å². The molecule has 0 saturated carbocycles. The van der Waals surface area contributed by atoms with Crippen molar-refractivity contribution in [1.82, 2.24) is 0 Å². The van der Waals surface area contributed by atoms with E-state index in [-0.39, 0.29) is 11.8 Å². The maximum absolute atomic E-state index is 12.2. The zero-order valence-corrected chi connectivity index (χ0v) is 14.6. The highest BCUT2D eigenvalue weighted by Gasteiger charge is 2.15. The molecule has 2 amide bonds. The summed E-state index contributed by atoms with van der Waals surface area (Å²) in [5.41, 5.74) is 1.15. The quantitative estimate of drug-likeness (QED) is 0.825. The molecule has 2 N–H and O–H groups in total. The first kappa shape index (κ1) is 18.1. The van der Waals surface area contributed by atoms with Crippen LogP contribution in [0.3, 0.4) is 0 Å². The van der Waals surface area contributed by atoms with E-state index in [1.807, 2.05) is 0 Å². The number of nitrogens with one attached hydrogen (secondary N) is 2. The van der Waals surface area contributed by atoms with Crippen molar-refractivity contribution in [2.75, 3.05) is 10.6 Å². The summed E-state index contributed by atoms with van der Waals surface area (Å²) in [6.07, 6.45) is -0.727. The summed E-state index contributed by atoms with van der Waals surface area (Å²) in [6, 6.07) is 11.5. The van der Waals surface area contributed by atoms with Crippen molar-refractivity contribution in [1.29, 1.82) is 0 Å². The lowest BCUT2D eigenvalue weighted by Crippen LogP contribution is -2.30. The Morgan fingerprint density at radius 3 is 2.08 bits per heavy atom. The third-order valence-electron chi connectivity index (χ3n) is 2.99. The molecule has 0 aliphatic carbocycles. The highest BCUT2D eigenvalue weighted by molar-refractivity contribution is 6.35. The predicted molar refractivity (Wildman–Crippen MR) is 95.9 cm³/mol. The van der Waals surface area contributed by atoms with E-state index in [1.165, 1.54) is 6.92 Å². The molecule has 2 aromatic rings. The molecule has 7 heteroatoms. The number of carbonyl (C=O) groups is 2. The van der Waals surface area contributed by atoms with Gasteiger partial charge in [-0.1, -0.05) is 23.2 Å². The van der Waals surface area contributed by atoms with E-state index in [9.17, 15) is 9.59 Å². The van der Waals surface area contributed by atoms with Crippen molar-refractivity contribution in [2.24, 2.45) is 0 Å². The topological polar surface area (TPSA) is 67.4 Å². The Morgan fingerprint density at radius 2 is 1.54 bits per heavy atom. The summed E-state index contributed by atoms with van der Waals surface area (Å²) in [7, 11) is 0. The number of hydrogen-bond donors (Lipinski definition) is 2. The molecule has 0 saturated heterocycles. The highest BCUT2D eigenvalue weighted by Crippen LogP contribution is 2.23. The van der Waals surface area contributed by atoms with E-state index in [4.69, 9.17) is 27.9 Å². The van der Waals surface area contributed by atoms with Gasteiger partial charge >= 0.3 is 0 Å². The van der Waals surface area contributed by atoms with E-state index in [0.717, 1.165) is 0 Å². The van der Waals surface area contributed by atoms with Gasteiger partial charge in [-0.05, 0) is 49.4 Å². The third kappa shape index (κ3) is 5.44. The molecule has 0 radical (unpaired) electrons. The molecule has 0 fully saturated rings. The Labute approximate surface area is 149 Å². The monoisotopic (exact) mass is 366 g/mol. The second-order valence-corrected chi connectivity index (χ2v) is 5.99. The predicted octanol–water partition coefficient (Wildman–Crippen LogP) is 4.36. The minimum atomic E-state index is -0.727. The number of anilines is 2. The van der Waals surface area contributed by atoms with Gasteiger partial charge < -0.3 is 15.4 Å². The zero-order valence-electron chi connectivity index (χ0n) is 13.1. The first-order chi connectivity index (χ1) is 11.3. The molecule has 1 atom stereocenters. The van der Waals surface area contributed by atoms with Crippen LogP contribution < -0.4 is 15.4 Å². The standard InChI is InChI=1S/C17H16Cl2N2O3/c1-10(17(23)21-15-8-12(18)7-13(19)9-15)24-16-5-3-14(4-6-16)20-11(2)22/h3-10H,1-2H3,(H,20,22)(H,21,23)/t10-/m1/s1. The zero-order chi connectivity index (χ0) is 17.7. The smallest absolute Gasteiger partial charge is 0.265 e. The Balaban J connectivity index is 1.97. The lowest BCUT2D eigenvalue weighted by molar-refractivity contribution is -0.122. The van der Waals surface area contributed by atoms with Crippen LogP contribution in [0.15, 0.2) is 42.5 Å². The summed E-state index contributed by atoms with van der Waals surface area (Å²) < 4.78 is 5.58. The van der Waals surface area contributed by atoms with Gasteiger partial charge in [0.25, 0.3) is 5.91 Å². The number of rotatable bonds is 5. The number of ether oxygens (including phenoxy) is 1. The molecule has 24 heavy (non-hydrogen) atoms. The van der Waals surface area contributed by atoms with Crippen molar-refractivity contribution in [3.63, 3.8) is 0 Å². The van der Waals surface area contributed by atoms with Crippen LogP contribution >= 0.6 is 23.2 Å². The van der Waals surface area contributed by atoms with E-state index >= 15 is 0 Å². The lowest BCUT2D eigenvalue weighted by Gasteiger charge is -2.15. The molecule has 126 valence electrons. The summed E-state index contributed by atoms with van der Waals surface area (Å²) >= 11 is 11.8. The fourth-order valence-electron chi connectivity index (χ4n) is 1.95. The Bertz CT molecular complexity index is 728. The van der Waals surface area contributed by atoms with Crippen molar-refractivity contribution >= 4 is 46.4 Å². The third-order valence-corrected chi connectivity index (χ3v) is 3.42. The van der Waals surface area contributed by atoms with Crippen LogP contribution in [-0.2, 0) is 9.59 Å². The average molecular weight is 367 g/mol. The number of hydrogen-bond acceptors (Lipinski definition) is 3. The van der Waals surface area contributed by atoms with Crippen molar-refractivity contribution in [2.45, 2.75) is 20.0 Å². The molecule has 0 aliphatic heterocycles. The Morgan fingerprint density at radius 1 is 0.958 bits per heavy atom. The van der Waals surface area contributed by atoms with Gasteiger partial charge in [-0.25, -0.2) is 0 Å². The molecule has 2 rings (SSSR count). The molecule has 0 aromatic heterocycles. The molecule has 0 bridgehead atoms. The SMILES string of the molecule is CC(=O)Nc1ccc(O[C@H](C)C(=O)Nc2cc(Cl)cc(Cl)c2)cc1. The maximum atomic E-state index is 12.2. The second-order valence-electron chi connectivity index (χ2n) is 5.11. The van der Waals surface area contributed by atoms with Crippen molar-refractivity contribution in [3.05, 3.63) is 52.5 Å². The minimum Gasteiger partial charge on any atom is -0.481 e. The lowest BCUT2D eigenvalue weighted by atomic mass is 10.2. The second kappa shape index (κ2) is 8.04.